The fourth-order valence-electron chi connectivity index (χ4n) is 2.49. The second kappa shape index (κ2) is 7.98. The second-order valence-electron chi connectivity index (χ2n) is 7.31. The molecule has 3 aromatic rings. The van der Waals surface area contributed by atoms with E-state index in [0.29, 0.717) is 17.1 Å². The maximum Gasteiger partial charge on any atom is 0.421 e. The molecule has 0 saturated heterocycles. The second-order valence-corrected chi connectivity index (χ2v) is 7.31. The van der Waals surface area contributed by atoms with Crippen molar-refractivity contribution in [3.05, 3.63) is 66.4 Å². The fourth-order valence-corrected chi connectivity index (χ4v) is 2.49. The van der Waals surface area contributed by atoms with Crippen molar-refractivity contribution in [1.29, 1.82) is 0 Å². The molecule has 2 aromatic carbocycles. The molecule has 1 heterocycles. The number of hydrogen-bond acceptors (Lipinski definition) is 5. The van der Waals surface area contributed by atoms with Gasteiger partial charge in [0.05, 0.1) is 0 Å². The van der Waals surface area contributed by atoms with E-state index in [1.807, 2.05) is 20.8 Å². The number of aromatic nitrogens is 2. The van der Waals surface area contributed by atoms with E-state index in [4.69, 9.17) is 4.74 Å². The summed E-state index contributed by atoms with van der Waals surface area (Å²) in [5.41, 5.74) is -0.160. The Morgan fingerprint density at radius 2 is 1.45 bits per heavy atom. The van der Waals surface area contributed by atoms with Crippen LogP contribution in [0.1, 0.15) is 26.3 Å². The molecule has 5 nitrogen and oxygen atoms in total. The van der Waals surface area contributed by atoms with Crippen LogP contribution in [0.4, 0.5) is 36.3 Å². The van der Waals surface area contributed by atoms with Gasteiger partial charge in [-0.3, -0.25) is 0 Å². The maximum absolute atomic E-state index is 13.3. The number of halogens is 3. The maximum atomic E-state index is 13.3. The molecular formula is C21H21F3N4O. The molecule has 2 N–H and O–H groups in total. The Kier molecular flexibility index (Phi) is 5.63. The Morgan fingerprint density at radius 3 is 2.03 bits per heavy atom. The summed E-state index contributed by atoms with van der Waals surface area (Å²) >= 11 is 0. The van der Waals surface area contributed by atoms with E-state index in [0.717, 1.165) is 6.20 Å². The lowest BCUT2D eigenvalue weighted by Crippen LogP contribution is -2.22. The molecule has 0 atom stereocenters. The molecule has 1 aromatic heterocycles. The van der Waals surface area contributed by atoms with Gasteiger partial charge < -0.3 is 15.4 Å². The van der Waals surface area contributed by atoms with E-state index in [2.05, 4.69) is 20.6 Å². The van der Waals surface area contributed by atoms with Gasteiger partial charge in [0.25, 0.3) is 0 Å². The van der Waals surface area contributed by atoms with Crippen molar-refractivity contribution < 1.29 is 17.9 Å². The topological polar surface area (TPSA) is 59.1 Å². The summed E-state index contributed by atoms with van der Waals surface area (Å²) in [4.78, 5) is 7.84. The molecule has 3 rings (SSSR count). The lowest BCUT2D eigenvalue weighted by Gasteiger charge is -2.21. The van der Waals surface area contributed by atoms with Gasteiger partial charge >= 0.3 is 6.18 Å². The van der Waals surface area contributed by atoms with Crippen LogP contribution < -0.4 is 15.4 Å². The Hall–Kier alpha value is -3.29. The molecule has 152 valence electrons. The van der Waals surface area contributed by atoms with Crippen molar-refractivity contribution in [2.75, 3.05) is 10.6 Å². The van der Waals surface area contributed by atoms with E-state index >= 15 is 0 Å². The summed E-state index contributed by atoms with van der Waals surface area (Å²) in [6.07, 6.45) is -3.82. The van der Waals surface area contributed by atoms with Gasteiger partial charge in [-0.05, 0) is 57.2 Å². The summed E-state index contributed by atoms with van der Waals surface area (Å²) in [7, 11) is 0. The fraction of sp³-hybridized carbons (Fsp3) is 0.238. The summed E-state index contributed by atoms with van der Waals surface area (Å²) in [5, 5.41) is 5.62. The number of anilines is 4. The van der Waals surface area contributed by atoms with Crippen molar-refractivity contribution in [1.82, 2.24) is 9.97 Å². The van der Waals surface area contributed by atoms with Crippen LogP contribution in [0.2, 0.25) is 0 Å². The molecule has 0 radical (unpaired) electrons. The van der Waals surface area contributed by atoms with Gasteiger partial charge in [0.1, 0.15) is 22.7 Å². The van der Waals surface area contributed by atoms with Crippen LogP contribution in [0.5, 0.6) is 5.75 Å². The number of nitrogens with zero attached hydrogens (tertiary/aromatic N) is 2. The van der Waals surface area contributed by atoms with Gasteiger partial charge in [-0.2, -0.15) is 18.2 Å². The number of para-hydroxylation sites is 1. The zero-order valence-electron chi connectivity index (χ0n) is 16.2. The third-order valence-electron chi connectivity index (χ3n) is 3.67. The van der Waals surface area contributed by atoms with Gasteiger partial charge in [0.2, 0.25) is 5.95 Å². The Morgan fingerprint density at radius 1 is 0.828 bits per heavy atom. The van der Waals surface area contributed by atoms with Crippen LogP contribution in [0.3, 0.4) is 0 Å². The van der Waals surface area contributed by atoms with E-state index in [1.165, 1.54) is 0 Å². The molecule has 0 saturated carbocycles. The van der Waals surface area contributed by atoms with Crippen LogP contribution in [0.15, 0.2) is 60.8 Å². The highest BCUT2D eigenvalue weighted by molar-refractivity contribution is 5.63. The van der Waals surface area contributed by atoms with E-state index in [-0.39, 0.29) is 17.4 Å². The number of alkyl halides is 3. The first-order chi connectivity index (χ1) is 13.6. The lowest BCUT2D eigenvalue weighted by molar-refractivity contribution is -0.137. The molecule has 0 amide bonds. The van der Waals surface area contributed by atoms with Crippen molar-refractivity contribution in [2.45, 2.75) is 32.5 Å². The summed E-state index contributed by atoms with van der Waals surface area (Å²) in [6.45, 7) is 5.82. The molecule has 0 aliphatic heterocycles. The monoisotopic (exact) mass is 402 g/mol. The zero-order valence-corrected chi connectivity index (χ0v) is 16.2. The zero-order chi connectivity index (χ0) is 21.1. The molecule has 8 heteroatoms. The third-order valence-corrected chi connectivity index (χ3v) is 3.67. The number of ether oxygens (including phenoxy) is 1. The number of benzene rings is 2. The minimum atomic E-state index is -4.58. The smallest absolute Gasteiger partial charge is 0.421 e. The number of nitrogens with one attached hydrogen (secondary N) is 2. The van der Waals surface area contributed by atoms with E-state index in [9.17, 15) is 13.2 Å². The van der Waals surface area contributed by atoms with E-state index < -0.39 is 11.7 Å². The molecule has 0 aliphatic carbocycles. The highest BCUT2D eigenvalue weighted by Crippen LogP contribution is 2.35. The predicted octanol–water partition coefficient (Wildman–Crippen LogP) is 6.16. The first kappa shape index (κ1) is 20.4. The molecule has 29 heavy (non-hydrogen) atoms. The van der Waals surface area contributed by atoms with Crippen molar-refractivity contribution in [2.24, 2.45) is 0 Å². The van der Waals surface area contributed by atoms with Crippen LogP contribution in [0.25, 0.3) is 0 Å². The normalized spacial score (nSPS) is 11.8. The van der Waals surface area contributed by atoms with Crippen LogP contribution in [-0.4, -0.2) is 15.6 Å². The summed E-state index contributed by atoms with van der Waals surface area (Å²) < 4.78 is 45.8. The molecular weight excluding hydrogens is 381 g/mol. The molecule has 0 aliphatic rings. The summed E-state index contributed by atoms with van der Waals surface area (Å²) in [6, 6.07) is 15.5. The summed E-state index contributed by atoms with van der Waals surface area (Å²) in [5.74, 6) is 0.401. The molecule has 0 spiro atoms. The van der Waals surface area contributed by atoms with E-state index in [1.54, 1.807) is 54.6 Å². The van der Waals surface area contributed by atoms with Gasteiger partial charge in [-0.15, -0.1) is 0 Å². The van der Waals surface area contributed by atoms with Crippen LogP contribution in [-0.2, 0) is 6.18 Å². The quantitative estimate of drug-likeness (QED) is 0.535. The van der Waals surface area contributed by atoms with Gasteiger partial charge in [-0.1, -0.05) is 18.2 Å². The highest BCUT2D eigenvalue weighted by Gasteiger charge is 2.35. The third kappa shape index (κ3) is 5.84. The van der Waals surface area contributed by atoms with Crippen molar-refractivity contribution in [3.8, 4) is 5.75 Å². The molecule has 0 unspecified atom stereocenters. The minimum Gasteiger partial charge on any atom is -0.488 e. The van der Waals surface area contributed by atoms with Crippen molar-refractivity contribution >= 4 is 23.1 Å². The van der Waals surface area contributed by atoms with Gasteiger partial charge in [0.15, 0.2) is 0 Å². The van der Waals surface area contributed by atoms with Gasteiger partial charge in [0, 0.05) is 17.6 Å². The van der Waals surface area contributed by atoms with Crippen LogP contribution in [0, 0.1) is 0 Å². The highest BCUT2D eigenvalue weighted by atomic mass is 19.4. The standard InChI is InChI=1S/C21H21F3N4O/c1-20(2,3)29-16-11-9-15(10-12-16)27-19-25-13-17(21(22,23)24)18(28-19)26-14-7-5-4-6-8-14/h4-13H,1-3H3,(H2,25,26,27,28). The molecule has 0 fully saturated rings. The van der Waals surface area contributed by atoms with Crippen molar-refractivity contribution in [3.63, 3.8) is 0 Å². The average Bonchev–Trinajstić information content (AvgIpc) is 2.62. The largest absolute Gasteiger partial charge is 0.488 e. The number of rotatable bonds is 5. The Balaban J connectivity index is 1.83. The lowest BCUT2D eigenvalue weighted by atomic mass is 10.2. The Labute approximate surface area is 167 Å². The minimum absolute atomic E-state index is 0.0425. The van der Waals surface area contributed by atoms with Gasteiger partial charge in [-0.25, -0.2) is 4.98 Å². The average molecular weight is 402 g/mol. The molecule has 0 bridgehead atoms. The first-order valence-electron chi connectivity index (χ1n) is 8.92. The SMILES string of the molecule is CC(C)(C)Oc1ccc(Nc2ncc(C(F)(F)F)c(Nc3ccccc3)n2)cc1. The first-order valence-corrected chi connectivity index (χ1v) is 8.92. The number of hydrogen-bond donors (Lipinski definition) is 2. The predicted molar refractivity (Wildman–Crippen MR) is 107 cm³/mol. The van der Waals surface area contributed by atoms with Crippen LogP contribution >= 0.6 is 0 Å². The Bertz CT molecular complexity index is 952.